The van der Waals surface area contributed by atoms with Crippen molar-refractivity contribution in [1.82, 2.24) is 0 Å². The summed E-state index contributed by atoms with van der Waals surface area (Å²) in [6, 6.07) is 11.7. The highest BCUT2D eigenvalue weighted by atomic mass is 35.5. The van der Waals surface area contributed by atoms with Crippen LogP contribution in [0.4, 0.5) is 4.39 Å². The molecule has 0 radical (unpaired) electrons. The lowest BCUT2D eigenvalue weighted by Crippen LogP contribution is -1.98. The fourth-order valence-corrected chi connectivity index (χ4v) is 1.72. The highest BCUT2D eigenvalue weighted by Crippen LogP contribution is 2.29. The van der Waals surface area contributed by atoms with Crippen molar-refractivity contribution >= 4 is 17.9 Å². The molecule has 0 N–H and O–H groups in total. The Kier molecular flexibility index (Phi) is 3.95. The van der Waals surface area contributed by atoms with Gasteiger partial charge in [-0.05, 0) is 11.6 Å². The zero-order valence-electron chi connectivity index (χ0n) is 9.40. The third-order valence-electron chi connectivity index (χ3n) is 2.40. The van der Waals surface area contributed by atoms with Gasteiger partial charge in [-0.2, -0.15) is 0 Å². The van der Waals surface area contributed by atoms with E-state index in [1.165, 1.54) is 0 Å². The van der Waals surface area contributed by atoms with Crippen molar-refractivity contribution in [2.75, 3.05) is 0 Å². The van der Waals surface area contributed by atoms with Crippen LogP contribution in [-0.4, -0.2) is 6.29 Å². The number of rotatable bonds is 4. The number of hydrogen-bond acceptors (Lipinski definition) is 2. The summed E-state index contributed by atoms with van der Waals surface area (Å²) in [4.78, 5) is 10.7. The molecule has 0 aliphatic heterocycles. The van der Waals surface area contributed by atoms with Crippen LogP contribution in [0.25, 0.3) is 0 Å². The van der Waals surface area contributed by atoms with E-state index in [4.69, 9.17) is 16.3 Å². The van der Waals surface area contributed by atoms with E-state index in [1.54, 1.807) is 0 Å². The first-order valence-corrected chi connectivity index (χ1v) is 5.69. The summed E-state index contributed by atoms with van der Waals surface area (Å²) in [6.45, 7) is 0.266. The van der Waals surface area contributed by atoms with Crippen LogP contribution >= 0.6 is 11.6 Å². The minimum atomic E-state index is -0.551. The summed E-state index contributed by atoms with van der Waals surface area (Å²) >= 11 is 5.92. The Balaban J connectivity index is 2.19. The van der Waals surface area contributed by atoms with E-state index in [0.717, 1.165) is 17.7 Å². The molecule has 0 fully saturated rings. The van der Waals surface area contributed by atoms with Gasteiger partial charge in [-0.1, -0.05) is 41.9 Å². The van der Waals surface area contributed by atoms with Crippen molar-refractivity contribution < 1.29 is 13.9 Å². The van der Waals surface area contributed by atoms with Crippen molar-refractivity contribution in [3.8, 4) is 5.75 Å². The number of carbonyl (C=O) groups is 1. The van der Waals surface area contributed by atoms with E-state index in [9.17, 15) is 9.18 Å². The lowest BCUT2D eigenvalue weighted by Gasteiger charge is -2.09. The van der Waals surface area contributed by atoms with E-state index in [0.29, 0.717) is 6.29 Å². The number of aldehydes is 1. The minimum Gasteiger partial charge on any atom is -0.487 e. The lowest BCUT2D eigenvalue weighted by molar-refractivity contribution is 0.112. The first-order valence-electron chi connectivity index (χ1n) is 5.31. The normalized spacial score (nSPS) is 10.1. The van der Waals surface area contributed by atoms with Crippen LogP contribution in [0, 0.1) is 5.82 Å². The SMILES string of the molecule is O=Cc1cc(F)cc(OCc2ccccc2)c1Cl. The Morgan fingerprint density at radius 1 is 1.22 bits per heavy atom. The molecule has 0 amide bonds. The molecule has 0 spiro atoms. The summed E-state index contributed by atoms with van der Waals surface area (Å²) < 4.78 is 18.6. The maximum Gasteiger partial charge on any atom is 0.151 e. The second kappa shape index (κ2) is 5.65. The summed E-state index contributed by atoms with van der Waals surface area (Å²) in [5.74, 6) is -0.382. The molecule has 0 atom stereocenters. The summed E-state index contributed by atoms with van der Waals surface area (Å²) in [5.41, 5.74) is 1.02. The third kappa shape index (κ3) is 2.87. The molecule has 2 nitrogen and oxygen atoms in total. The molecule has 92 valence electrons. The van der Waals surface area contributed by atoms with E-state index in [2.05, 4.69) is 0 Å². The Bertz CT molecular complexity index is 555. The predicted molar refractivity (Wildman–Crippen MR) is 67.6 cm³/mol. The Morgan fingerprint density at radius 3 is 2.61 bits per heavy atom. The first kappa shape index (κ1) is 12.6. The number of carbonyl (C=O) groups excluding carboxylic acids is 1. The van der Waals surface area contributed by atoms with Gasteiger partial charge in [0.1, 0.15) is 18.2 Å². The molecule has 2 rings (SSSR count). The van der Waals surface area contributed by atoms with Crippen LogP contribution < -0.4 is 4.74 Å². The average Bonchev–Trinajstić information content (AvgIpc) is 2.40. The summed E-state index contributed by atoms with van der Waals surface area (Å²) in [5, 5.41) is 0.127. The van der Waals surface area contributed by atoms with Crippen LogP contribution in [0.5, 0.6) is 5.75 Å². The molecule has 0 heterocycles. The molecule has 0 saturated carbocycles. The van der Waals surface area contributed by atoms with Crippen molar-refractivity contribution in [2.24, 2.45) is 0 Å². The fraction of sp³-hybridized carbons (Fsp3) is 0.0714. The maximum atomic E-state index is 13.2. The minimum absolute atomic E-state index is 0.0831. The summed E-state index contributed by atoms with van der Waals surface area (Å²) in [6.07, 6.45) is 0.501. The van der Waals surface area contributed by atoms with E-state index >= 15 is 0 Å². The van der Waals surface area contributed by atoms with Gasteiger partial charge in [-0.15, -0.1) is 0 Å². The maximum absolute atomic E-state index is 13.2. The van der Waals surface area contributed by atoms with Gasteiger partial charge in [-0.3, -0.25) is 4.79 Å². The predicted octanol–water partition coefficient (Wildman–Crippen LogP) is 3.87. The number of ether oxygens (including phenoxy) is 1. The van der Waals surface area contributed by atoms with Crippen LogP contribution in [-0.2, 0) is 6.61 Å². The van der Waals surface area contributed by atoms with Gasteiger partial charge < -0.3 is 4.74 Å². The largest absolute Gasteiger partial charge is 0.487 e. The second-order valence-electron chi connectivity index (χ2n) is 3.70. The second-order valence-corrected chi connectivity index (χ2v) is 4.08. The third-order valence-corrected chi connectivity index (χ3v) is 2.80. The van der Waals surface area contributed by atoms with Crippen molar-refractivity contribution in [1.29, 1.82) is 0 Å². The molecular weight excluding hydrogens is 255 g/mol. The van der Waals surface area contributed by atoms with Gasteiger partial charge in [0.25, 0.3) is 0 Å². The zero-order valence-corrected chi connectivity index (χ0v) is 10.2. The lowest BCUT2D eigenvalue weighted by atomic mass is 10.2. The quantitative estimate of drug-likeness (QED) is 0.784. The highest BCUT2D eigenvalue weighted by molar-refractivity contribution is 6.34. The molecule has 2 aromatic carbocycles. The Labute approximate surface area is 109 Å². The molecular formula is C14H10ClFO2. The van der Waals surface area contributed by atoms with Gasteiger partial charge in [0.05, 0.1) is 5.02 Å². The number of halogens is 2. The first-order chi connectivity index (χ1) is 8.70. The summed E-state index contributed by atoms with van der Waals surface area (Å²) in [7, 11) is 0. The van der Waals surface area contributed by atoms with E-state index in [1.807, 2.05) is 30.3 Å². The van der Waals surface area contributed by atoms with Crippen LogP contribution in [0.15, 0.2) is 42.5 Å². The smallest absolute Gasteiger partial charge is 0.151 e. The Morgan fingerprint density at radius 2 is 1.94 bits per heavy atom. The number of hydrogen-bond donors (Lipinski definition) is 0. The van der Waals surface area contributed by atoms with E-state index < -0.39 is 5.82 Å². The van der Waals surface area contributed by atoms with Gasteiger partial charge >= 0.3 is 0 Å². The standard InChI is InChI=1S/C14H10ClFO2/c15-14-11(8-17)6-12(16)7-13(14)18-9-10-4-2-1-3-5-10/h1-8H,9H2. The van der Waals surface area contributed by atoms with E-state index in [-0.39, 0.29) is 22.9 Å². The monoisotopic (exact) mass is 264 g/mol. The molecule has 4 heteroatoms. The van der Waals surface area contributed by atoms with Crippen molar-refractivity contribution in [3.05, 3.63) is 64.4 Å². The fourth-order valence-electron chi connectivity index (χ4n) is 1.51. The number of benzene rings is 2. The van der Waals surface area contributed by atoms with Gasteiger partial charge in [0.15, 0.2) is 6.29 Å². The Hall–Kier alpha value is -1.87. The van der Waals surface area contributed by atoms with Crippen molar-refractivity contribution in [2.45, 2.75) is 6.61 Å². The molecule has 0 aliphatic carbocycles. The molecule has 18 heavy (non-hydrogen) atoms. The molecule has 0 aromatic heterocycles. The molecule has 0 saturated heterocycles. The average molecular weight is 265 g/mol. The van der Waals surface area contributed by atoms with Gasteiger partial charge in [0, 0.05) is 11.6 Å². The van der Waals surface area contributed by atoms with Crippen molar-refractivity contribution in [3.63, 3.8) is 0 Å². The highest BCUT2D eigenvalue weighted by Gasteiger charge is 2.10. The molecule has 0 unspecified atom stereocenters. The molecule has 0 aliphatic rings. The van der Waals surface area contributed by atoms with Gasteiger partial charge in [0.2, 0.25) is 0 Å². The topological polar surface area (TPSA) is 26.3 Å². The zero-order chi connectivity index (χ0) is 13.0. The van der Waals surface area contributed by atoms with Crippen LogP contribution in [0.2, 0.25) is 5.02 Å². The van der Waals surface area contributed by atoms with Crippen LogP contribution in [0.3, 0.4) is 0 Å². The van der Waals surface area contributed by atoms with Crippen LogP contribution in [0.1, 0.15) is 15.9 Å². The molecule has 0 bridgehead atoms. The molecule has 2 aromatic rings. The van der Waals surface area contributed by atoms with Gasteiger partial charge in [-0.25, -0.2) is 4.39 Å².